The second-order valence-electron chi connectivity index (χ2n) is 2.00. The van der Waals surface area contributed by atoms with Gasteiger partial charge in [-0.05, 0) is 0 Å². The lowest BCUT2D eigenvalue weighted by atomic mass is 10.2. The predicted molar refractivity (Wildman–Crippen MR) is 43.1 cm³/mol. The van der Waals surface area contributed by atoms with E-state index >= 15 is 0 Å². The molecule has 0 saturated carbocycles. The highest BCUT2D eigenvalue weighted by atomic mass is 32.1. The molecule has 0 heterocycles. The second-order valence-corrected chi connectivity index (χ2v) is 2.45. The molecule has 0 aliphatic rings. The minimum Gasteiger partial charge on any atom is -0.479 e. The van der Waals surface area contributed by atoms with Gasteiger partial charge in [0.25, 0.3) is 0 Å². The molecule has 5 nitrogen and oxygen atoms in total. The number of carboxylic acid groups (broad SMARTS) is 1. The SMILES string of the molecule is O=C(CC(O)C(=O)O)OCCS. The Morgan fingerprint density at radius 2 is 2.08 bits per heavy atom. The highest BCUT2D eigenvalue weighted by Crippen LogP contribution is 1.94. The number of aliphatic hydroxyl groups excluding tert-OH is 1. The zero-order valence-corrected chi connectivity index (χ0v) is 7.16. The van der Waals surface area contributed by atoms with Gasteiger partial charge in [0, 0.05) is 5.75 Å². The standard InChI is InChI=1S/C6H10O5S/c7-4(6(9)10)3-5(8)11-1-2-12/h4,7,12H,1-3H2,(H,9,10). The molecule has 1 unspecified atom stereocenters. The molecule has 1 atom stereocenters. The first-order chi connectivity index (χ1) is 5.57. The summed E-state index contributed by atoms with van der Waals surface area (Å²) in [4.78, 5) is 20.7. The van der Waals surface area contributed by atoms with E-state index in [0.717, 1.165) is 0 Å². The number of hydrogen-bond acceptors (Lipinski definition) is 5. The van der Waals surface area contributed by atoms with Crippen LogP contribution >= 0.6 is 12.6 Å². The lowest BCUT2D eigenvalue weighted by Crippen LogP contribution is -2.24. The van der Waals surface area contributed by atoms with Gasteiger partial charge in [0.2, 0.25) is 0 Å². The number of carbonyl (C=O) groups excluding carboxylic acids is 1. The Bertz CT molecular complexity index is 169. The summed E-state index contributed by atoms with van der Waals surface area (Å²) >= 11 is 3.77. The minimum absolute atomic E-state index is 0.119. The van der Waals surface area contributed by atoms with Gasteiger partial charge in [0.15, 0.2) is 6.10 Å². The second kappa shape index (κ2) is 5.84. The zero-order chi connectivity index (χ0) is 9.56. The fourth-order valence-corrected chi connectivity index (χ4v) is 0.555. The van der Waals surface area contributed by atoms with E-state index in [1.54, 1.807) is 0 Å². The molecule has 0 bridgehead atoms. The highest BCUT2D eigenvalue weighted by molar-refractivity contribution is 7.80. The molecule has 6 heteroatoms. The molecular weight excluding hydrogens is 184 g/mol. The molecule has 70 valence electrons. The van der Waals surface area contributed by atoms with Crippen LogP contribution in [0.3, 0.4) is 0 Å². The molecule has 0 saturated heterocycles. The average Bonchev–Trinajstić information content (AvgIpc) is 2.00. The molecule has 0 aliphatic carbocycles. The van der Waals surface area contributed by atoms with E-state index < -0.39 is 24.5 Å². The van der Waals surface area contributed by atoms with Crippen LogP contribution in [0.4, 0.5) is 0 Å². The first-order valence-electron chi connectivity index (χ1n) is 3.25. The summed E-state index contributed by atoms with van der Waals surface area (Å²) in [5.74, 6) is -1.80. The molecule has 0 rings (SSSR count). The third kappa shape index (κ3) is 4.97. The first-order valence-corrected chi connectivity index (χ1v) is 3.88. The molecule has 0 fully saturated rings. The van der Waals surface area contributed by atoms with Crippen LogP contribution < -0.4 is 0 Å². The van der Waals surface area contributed by atoms with Crippen LogP contribution in [0.2, 0.25) is 0 Å². The first kappa shape index (κ1) is 11.2. The zero-order valence-electron chi connectivity index (χ0n) is 6.27. The summed E-state index contributed by atoms with van der Waals surface area (Å²) < 4.78 is 4.47. The summed E-state index contributed by atoms with van der Waals surface area (Å²) in [5.41, 5.74) is 0. The Kier molecular flexibility index (Phi) is 5.48. The smallest absolute Gasteiger partial charge is 0.333 e. The lowest BCUT2D eigenvalue weighted by molar-refractivity contribution is -0.155. The number of carboxylic acids is 1. The van der Waals surface area contributed by atoms with Gasteiger partial charge in [-0.3, -0.25) is 4.79 Å². The van der Waals surface area contributed by atoms with Crippen LogP contribution in [-0.2, 0) is 14.3 Å². The molecular formula is C6H10O5S. The number of aliphatic carboxylic acids is 1. The number of aliphatic hydroxyl groups is 1. The summed E-state index contributed by atoms with van der Waals surface area (Å²) in [6, 6.07) is 0. The van der Waals surface area contributed by atoms with Gasteiger partial charge < -0.3 is 14.9 Å². The Balaban J connectivity index is 3.61. The van der Waals surface area contributed by atoms with E-state index in [-0.39, 0.29) is 6.61 Å². The van der Waals surface area contributed by atoms with Crippen LogP contribution in [0.25, 0.3) is 0 Å². The summed E-state index contributed by atoms with van der Waals surface area (Å²) in [6.07, 6.45) is -2.21. The maximum atomic E-state index is 10.6. The Labute approximate surface area is 74.7 Å². The van der Waals surface area contributed by atoms with Crippen LogP contribution in [0.1, 0.15) is 6.42 Å². The van der Waals surface area contributed by atoms with Crippen molar-refractivity contribution in [2.75, 3.05) is 12.4 Å². The van der Waals surface area contributed by atoms with Crippen molar-refractivity contribution in [3.63, 3.8) is 0 Å². The molecule has 0 aromatic rings. The van der Waals surface area contributed by atoms with Crippen molar-refractivity contribution in [3.05, 3.63) is 0 Å². The Morgan fingerprint density at radius 3 is 2.50 bits per heavy atom. The fraction of sp³-hybridized carbons (Fsp3) is 0.667. The number of hydrogen-bond donors (Lipinski definition) is 3. The third-order valence-corrected chi connectivity index (χ3v) is 1.18. The highest BCUT2D eigenvalue weighted by Gasteiger charge is 2.18. The van der Waals surface area contributed by atoms with E-state index in [1.807, 2.05) is 0 Å². The van der Waals surface area contributed by atoms with Crippen molar-refractivity contribution in [1.29, 1.82) is 0 Å². The average molecular weight is 194 g/mol. The van der Waals surface area contributed by atoms with Crippen molar-refractivity contribution in [1.82, 2.24) is 0 Å². The molecule has 0 aromatic carbocycles. The van der Waals surface area contributed by atoms with Gasteiger partial charge in [0.1, 0.15) is 6.61 Å². The normalized spacial score (nSPS) is 12.2. The fourth-order valence-electron chi connectivity index (χ4n) is 0.464. The van der Waals surface area contributed by atoms with Crippen LogP contribution in [0, 0.1) is 0 Å². The maximum Gasteiger partial charge on any atom is 0.333 e. The Hall–Kier alpha value is -0.750. The van der Waals surface area contributed by atoms with E-state index in [9.17, 15) is 9.59 Å². The van der Waals surface area contributed by atoms with Gasteiger partial charge in [-0.2, -0.15) is 12.6 Å². The van der Waals surface area contributed by atoms with Gasteiger partial charge in [-0.25, -0.2) is 4.79 Å². The van der Waals surface area contributed by atoms with Crippen molar-refractivity contribution < 1.29 is 24.5 Å². The topological polar surface area (TPSA) is 83.8 Å². The number of rotatable bonds is 5. The van der Waals surface area contributed by atoms with Gasteiger partial charge in [-0.1, -0.05) is 0 Å². The summed E-state index contributed by atoms with van der Waals surface area (Å²) in [5, 5.41) is 16.9. The molecule has 0 aliphatic heterocycles. The van der Waals surface area contributed by atoms with Crippen molar-refractivity contribution >= 4 is 24.6 Å². The van der Waals surface area contributed by atoms with E-state index in [1.165, 1.54) is 0 Å². The minimum atomic E-state index is -1.68. The number of ether oxygens (including phenoxy) is 1. The van der Waals surface area contributed by atoms with Gasteiger partial charge >= 0.3 is 11.9 Å². The largest absolute Gasteiger partial charge is 0.479 e. The number of thiol groups is 1. The maximum absolute atomic E-state index is 10.6. The van der Waals surface area contributed by atoms with Crippen molar-refractivity contribution in [3.8, 4) is 0 Å². The van der Waals surface area contributed by atoms with Crippen LogP contribution in [-0.4, -0.2) is 40.6 Å². The predicted octanol–water partition coefficient (Wildman–Crippen LogP) is -0.705. The van der Waals surface area contributed by atoms with Crippen LogP contribution in [0.5, 0.6) is 0 Å². The number of carbonyl (C=O) groups is 2. The quantitative estimate of drug-likeness (QED) is 0.398. The monoisotopic (exact) mass is 194 g/mol. The third-order valence-electron chi connectivity index (χ3n) is 0.999. The molecule has 0 aromatic heterocycles. The molecule has 0 amide bonds. The molecule has 12 heavy (non-hydrogen) atoms. The molecule has 2 N–H and O–H groups in total. The molecule has 0 radical (unpaired) electrons. The summed E-state index contributed by atoms with van der Waals surface area (Å²) in [6.45, 7) is 0.119. The van der Waals surface area contributed by atoms with Crippen LogP contribution in [0.15, 0.2) is 0 Å². The van der Waals surface area contributed by atoms with Crippen molar-refractivity contribution in [2.24, 2.45) is 0 Å². The van der Waals surface area contributed by atoms with E-state index in [2.05, 4.69) is 17.4 Å². The molecule has 0 spiro atoms. The number of esters is 1. The van der Waals surface area contributed by atoms with Crippen molar-refractivity contribution in [2.45, 2.75) is 12.5 Å². The van der Waals surface area contributed by atoms with E-state index in [0.29, 0.717) is 5.75 Å². The van der Waals surface area contributed by atoms with Gasteiger partial charge in [0.05, 0.1) is 6.42 Å². The summed E-state index contributed by atoms with van der Waals surface area (Å²) in [7, 11) is 0. The van der Waals surface area contributed by atoms with Gasteiger partial charge in [-0.15, -0.1) is 0 Å². The van der Waals surface area contributed by atoms with E-state index in [4.69, 9.17) is 10.2 Å². The lowest BCUT2D eigenvalue weighted by Gasteiger charge is -2.04. The Morgan fingerprint density at radius 1 is 1.50 bits per heavy atom.